The Morgan fingerprint density at radius 3 is 2.29 bits per heavy atom. The van der Waals surface area contributed by atoms with E-state index in [-0.39, 0.29) is 36.2 Å². The lowest BCUT2D eigenvalue weighted by molar-refractivity contribution is -0.153. The van der Waals surface area contributed by atoms with Crippen molar-refractivity contribution in [3.05, 3.63) is 0 Å². The van der Waals surface area contributed by atoms with E-state index in [4.69, 9.17) is 11.6 Å². The monoisotopic (exact) mass is 565 g/mol. The summed E-state index contributed by atoms with van der Waals surface area (Å²) >= 11 is 5.35. The molecule has 1 aliphatic carbocycles. The lowest BCUT2D eigenvalue weighted by atomic mass is 9.85. The Morgan fingerprint density at radius 2 is 1.82 bits per heavy atom. The van der Waals surface area contributed by atoms with Crippen LogP contribution in [0.1, 0.15) is 48.0 Å². The summed E-state index contributed by atoms with van der Waals surface area (Å²) in [6.45, 7) is 9.17. The van der Waals surface area contributed by atoms with Crippen molar-refractivity contribution in [3.8, 4) is 0 Å². The number of likely N-dealkylation sites (tertiary alicyclic amines) is 1. The number of rotatable bonds is 7. The summed E-state index contributed by atoms with van der Waals surface area (Å²) < 4.78 is 41.1. The number of fused-ring (bicyclic) bond motifs is 1. The second-order valence-electron chi connectivity index (χ2n) is 12.1. The van der Waals surface area contributed by atoms with E-state index in [1.807, 2.05) is 13.8 Å². The summed E-state index contributed by atoms with van der Waals surface area (Å²) in [5, 5.41) is 5.37. The average Bonchev–Trinajstić information content (AvgIpc) is 3.14. The maximum Gasteiger partial charge on any atom is 0.321 e. The summed E-state index contributed by atoms with van der Waals surface area (Å²) in [4.78, 5) is 65.0. The normalized spacial score (nSPS) is 27.6. The van der Waals surface area contributed by atoms with Crippen molar-refractivity contribution in [2.75, 3.05) is 19.6 Å². The van der Waals surface area contributed by atoms with Gasteiger partial charge in [-0.1, -0.05) is 46.2 Å². The zero-order valence-corrected chi connectivity index (χ0v) is 23.0. The van der Waals surface area contributed by atoms with Gasteiger partial charge >= 0.3 is 5.92 Å². The van der Waals surface area contributed by atoms with Gasteiger partial charge in [0.25, 0.3) is 23.4 Å². The predicted octanol–water partition coefficient (Wildman–Crippen LogP) is 1.19. The smallest absolute Gasteiger partial charge is 0.321 e. The van der Waals surface area contributed by atoms with Crippen LogP contribution in [0, 0.1) is 28.6 Å². The molecule has 3 N–H and O–H groups in total. The fourth-order valence-corrected chi connectivity index (χ4v) is 5.55. The third kappa shape index (κ3) is 5.86. The molecule has 2 heterocycles. The van der Waals surface area contributed by atoms with Crippen LogP contribution in [0.15, 0.2) is 0 Å². The molecule has 0 bridgehead atoms. The van der Waals surface area contributed by atoms with E-state index < -0.39 is 58.6 Å². The van der Waals surface area contributed by atoms with E-state index in [1.54, 1.807) is 20.8 Å². The molecule has 2 unspecified atom stereocenters. The highest BCUT2D eigenvalue weighted by Crippen LogP contribution is 2.65. The van der Waals surface area contributed by atoms with Gasteiger partial charge in [-0.3, -0.25) is 29.4 Å². The Kier molecular flexibility index (Phi) is 8.04. The molecule has 3 aliphatic rings. The molecule has 10 nitrogen and oxygen atoms in total. The van der Waals surface area contributed by atoms with Crippen molar-refractivity contribution in [2.45, 2.75) is 71.6 Å². The molecule has 0 spiro atoms. The highest BCUT2D eigenvalue weighted by atomic mass is 35.5. The average molecular weight is 566 g/mol. The van der Waals surface area contributed by atoms with Crippen LogP contribution in [0.4, 0.5) is 13.2 Å². The Balaban J connectivity index is 1.87. The summed E-state index contributed by atoms with van der Waals surface area (Å²) in [6.07, 6.45) is 0.360. The van der Waals surface area contributed by atoms with Gasteiger partial charge < -0.3 is 15.5 Å². The van der Waals surface area contributed by atoms with E-state index in [0.29, 0.717) is 24.9 Å². The summed E-state index contributed by atoms with van der Waals surface area (Å²) in [6, 6.07) is -2.51. The number of hydrogen-bond acceptors (Lipinski definition) is 5. The fourth-order valence-electron chi connectivity index (χ4n) is 5.43. The number of carbonyl (C=O) groups excluding carboxylic acids is 5. The quantitative estimate of drug-likeness (QED) is 0.316. The topological polar surface area (TPSA) is 128 Å². The van der Waals surface area contributed by atoms with Gasteiger partial charge in [0.2, 0.25) is 11.8 Å². The van der Waals surface area contributed by atoms with Crippen molar-refractivity contribution < 1.29 is 37.1 Å². The van der Waals surface area contributed by atoms with Gasteiger partial charge in [0.05, 0.1) is 12.5 Å². The molecular weight excluding hydrogens is 531 g/mol. The van der Waals surface area contributed by atoms with Gasteiger partial charge in [0.15, 0.2) is 0 Å². The fraction of sp³-hybridized carbons (Fsp3) is 0.792. The minimum absolute atomic E-state index is 0.0992. The number of nitrogens with zero attached hydrogens (tertiary/aromatic N) is 2. The lowest BCUT2D eigenvalue weighted by Gasteiger charge is -2.38. The molecule has 6 atom stereocenters. The summed E-state index contributed by atoms with van der Waals surface area (Å²) in [7, 11) is 0. The van der Waals surface area contributed by atoms with Crippen LogP contribution < -0.4 is 16.1 Å². The number of nitrogens with one attached hydrogen (secondary N) is 3. The molecule has 0 aromatic carbocycles. The number of hydrogen-bond donors (Lipinski definition) is 3. The molecule has 2 aliphatic heterocycles. The first-order valence-corrected chi connectivity index (χ1v) is 12.9. The SMILES string of the molecule is CC(F)(F)C(=O)NC(C(=O)N1C[C@H]2[C@@H]([C@H]1C(=O)NN(C[C@@H]1CCNC1=O)C(=O)C(F)Cl)C2(C)C)C(C)(C)C. The Labute approximate surface area is 224 Å². The van der Waals surface area contributed by atoms with E-state index >= 15 is 0 Å². The van der Waals surface area contributed by atoms with Crippen LogP contribution in [-0.4, -0.2) is 82.7 Å². The predicted molar refractivity (Wildman–Crippen MR) is 130 cm³/mol. The highest BCUT2D eigenvalue weighted by molar-refractivity contribution is 6.29. The first kappa shape index (κ1) is 30.0. The molecule has 0 aromatic rings. The van der Waals surface area contributed by atoms with Crippen LogP contribution in [0.2, 0.25) is 0 Å². The van der Waals surface area contributed by atoms with Gasteiger partial charge in [-0.15, -0.1) is 0 Å². The van der Waals surface area contributed by atoms with E-state index in [1.165, 1.54) is 4.90 Å². The summed E-state index contributed by atoms with van der Waals surface area (Å²) in [5.41, 5.74) is -1.46. The van der Waals surface area contributed by atoms with Gasteiger partial charge in [-0.05, 0) is 29.1 Å². The molecule has 0 radical (unpaired) electrons. The molecule has 0 aromatic heterocycles. The molecule has 2 saturated heterocycles. The Bertz CT molecular complexity index is 1010. The first-order valence-electron chi connectivity index (χ1n) is 12.5. The lowest BCUT2D eigenvalue weighted by Crippen LogP contribution is -2.62. The zero-order chi connectivity index (χ0) is 29.0. The minimum atomic E-state index is -3.73. The van der Waals surface area contributed by atoms with E-state index in [0.717, 1.165) is 0 Å². The van der Waals surface area contributed by atoms with Crippen molar-refractivity contribution in [3.63, 3.8) is 0 Å². The highest BCUT2D eigenvalue weighted by Gasteiger charge is 2.70. The number of piperidine rings is 1. The number of halogens is 4. The van der Waals surface area contributed by atoms with Gasteiger partial charge in [-0.25, -0.2) is 9.40 Å². The minimum Gasteiger partial charge on any atom is -0.356 e. The molecule has 1 saturated carbocycles. The number of alkyl halides is 4. The molecule has 14 heteroatoms. The molecular formula is C24H35ClF3N5O5. The standard InChI is InChI=1S/C24H35ClF3N5O5/c1-22(2,3)15(30-21(38)24(6,27)28)19(36)32-10-12-13(23(12,4)5)14(32)18(35)31-33(20(37)16(25)26)9-11-7-8-29-17(11)34/h11-16H,7-10H2,1-6H3,(H,29,34)(H,30,38)(H,31,35)/t11-,12-,13-,14-,15?,16?/m0/s1. The van der Waals surface area contributed by atoms with Crippen molar-refractivity contribution in [1.82, 2.24) is 26.0 Å². The summed E-state index contributed by atoms with van der Waals surface area (Å²) in [5.74, 6) is -9.65. The molecule has 3 rings (SSSR count). The Hall–Kier alpha value is -2.57. The van der Waals surface area contributed by atoms with Gasteiger partial charge in [0.1, 0.15) is 12.1 Å². The van der Waals surface area contributed by atoms with Gasteiger partial charge in [-0.2, -0.15) is 8.78 Å². The largest absolute Gasteiger partial charge is 0.356 e. The molecule has 38 heavy (non-hydrogen) atoms. The molecule has 3 fully saturated rings. The van der Waals surface area contributed by atoms with E-state index in [2.05, 4.69) is 16.1 Å². The van der Waals surface area contributed by atoms with E-state index in [9.17, 15) is 37.1 Å². The molecule has 5 amide bonds. The van der Waals surface area contributed by atoms with Crippen molar-refractivity contribution in [1.29, 1.82) is 0 Å². The zero-order valence-electron chi connectivity index (χ0n) is 22.2. The second kappa shape index (κ2) is 10.2. The maximum absolute atomic E-state index is 13.8. The van der Waals surface area contributed by atoms with Crippen molar-refractivity contribution >= 4 is 41.1 Å². The number of hydrazine groups is 1. The number of carbonyl (C=O) groups is 5. The van der Waals surface area contributed by atoms with Crippen LogP contribution in [0.3, 0.4) is 0 Å². The van der Waals surface area contributed by atoms with Crippen LogP contribution in [0.25, 0.3) is 0 Å². The third-order valence-corrected chi connectivity index (χ3v) is 8.00. The maximum atomic E-state index is 13.8. The first-order chi connectivity index (χ1) is 17.3. The number of amides is 5. The molecule has 214 valence electrons. The van der Waals surface area contributed by atoms with Crippen molar-refractivity contribution in [2.24, 2.45) is 28.6 Å². The van der Waals surface area contributed by atoms with Crippen LogP contribution >= 0.6 is 11.6 Å². The van der Waals surface area contributed by atoms with Crippen LogP contribution in [-0.2, 0) is 24.0 Å². The second-order valence-corrected chi connectivity index (χ2v) is 12.4. The van der Waals surface area contributed by atoms with Gasteiger partial charge in [0, 0.05) is 20.0 Å². The van der Waals surface area contributed by atoms with Crippen LogP contribution in [0.5, 0.6) is 0 Å². The third-order valence-electron chi connectivity index (χ3n) is 7.81. The Morgan fingerprint density at radius 1 is 1.21 bits per heavy atom.